The number of nitrogens with one attached hydrogen (secondary N) is 2. The van der Waals surface area contributed by atoms with E-state index < -0.39 is 10.0 Å². The summed E-state index contributed by atoms with van der Waals surface area (Å²) in [5, 5.41) is 6.93. The van der Waals surface area contributed by atoms with Gasteiger partial charge < -0.3 is 14.4 Å². The maximum Gasteiger partial charge on any atom is 0.242 e. The van der Waals surface area contributed by atoms with E-state index in [-0.39, 0.29) is 11.4 Å². The number of aryl methyl sites for hydroxylation is 1. The van der Waals surface area contributed by atoms with E-state index in [1.54, 1.807) is 12.3 Å². The summed E-state index contributed by atoms with van der Waals surface area (Å²) in [6.45, 7) is 0.672. The highest BCUT2D eigenvalue weighted by molar-refractivity contribution is 7.89. The van der Waals surface area contributed by atoms with Crippen LogP contribution >= 0.6 is 0 Å². The maximum atomic E-state index is 12.2. The zero-order valence-electron chi connectivity index (χ0n) is 11.6. The Kier molecular flexibility index (Phi) is 3.79. The molecular formula is C12H17N5O3S. The van der Waals surface area contributed by atoms with Gasteiger partial charge in [-0.05, 0) is 18.9 Å². The lowest BCUT2D eigenvalue weighted by molar-refractivity contribution is 0.409. The Bertz CT molecular complexity index is 703. The van der Waals surface area contributed by atoms with Crippen LogP contribution in [-0.2, 0) is 30.2 Å². The molecule has 2 aromatic rings. The molecule has 0 aliphatic heterocycles. The summed E-state index contributed by atoms with van der Waals surface area (Å²) in [6.07, 6.45) is 5.15. The van der Waals surface area contributed by atoms with Gasteiger partial charge >= 0.3 is 0 Å². The Hall–Kier alpha value is -1.71. The van der Waals surface area contributed by atoms with Crippen LogP contribution in [0.15, 0.2) is 28.1 Å². The predicted octanol–water partition coefficient (Wildman–Crippen LogP) is 0.139. The number of hydrogen-bond donors (Lipinski definition) is 2. The monoisotopic (exact) mass is 311 g/mol. The maximum absolute atomic E-state index is 12.2. The molecule has 1 aliphatic carbocycles. The Morgan fingerprint density at radius 1 is 1.43 bits per heavy atom. The van der Waals surface area contributed by atoms with Crippen molar-refractivity contribution in [1.82, 2.24) is 24.7 Å². The molecule has 3 rings (SSSR count). The molecule has 2 heterocycles. The van der Waals surface area contributed by atoms with Gasteiger partial charge in [0.05, 0.1) is 11.4 Å². The van der Waals surface area contributed by atoms with Crippen molar-refractivity contribution in [2.24, 2.45) is 7.05 Å². The van der Waals surface area contributed by atoms with Gasteiger partial charge in [-0.2, -0.15) is 4.98 Å². The highest BCUT2D eigenvalue weighted by atomic mass is 32.2. The van der Waals surface area contributed by atoms with Crippen molar-refractivity contribution in [1.29, 1.82) is 0 Å². The van der Waals surface area contributed by atoms with Gasteiger partial charge in [-0.3, -0.25) is 0 Å². The predicted molar refractivity (Wildman–Crippen MR) is 73.6 cm³/mol. The fraction of sp³-hybridized carbons (Fsp3) is 0.500. The number of nitrogens with zero attached hydrogens (tertiary/aromatic N) is 3. The Labute approximate surface area is 122 Å². The van der Waals surface area contributed by atoms with Crippen molar-refractivity contribution in [3.63, 3.8) is 0 Å². The molecule has 0 saturated heterocycles. The summed E-state index contributed by atoms with van der Waals surface area (Å²) in [7, 11) is -1.75. The van der Waals surface area contributed by atoms with Gasteiger partial charge in [-0.25, -0.2) is 13.1 Å². The van der Waals surface area contributed by atoms with E-state index in [1.807, 2.05) is 11.6 Å². The van der Waals surface area contributed by atoms with E-state index in [2.05, 4.69) is 24.7 Å². The second kappa shape index (κ2) is 5.58. The molecule has 0 bridgehead atoms. The van der Waals surface area contributed by atoms with Crippen LogP contribution in [0.5, 0.6) is 0 Å². The SMILES string of the molecule is Cn1cc(S(=O)(=O)NCc2ncon2)cc1CNC1CC1. The van der Waals surface area contributed by atoms with Gasteiger partial charge in [0, 0.05) is 31.5 Å². The van der Waals surface area contributed by atoms with Gasteiger partial charge in [0.25, 0.3) is 0 Å². The van der Waals surface area contributed by atoms with E-state index in [9.17, 15) is 8.42 Å². The largest absolute Gasteiger partial charge is 0.352 e. The first-order valence-electron chi connectivity index (χ1n) is 6.68. The van der Waals surface area contributed by atoms with Crippen LogP contribution in [0.2, 0.25) is 0 Å². The standard InChI is InChI=1S/C12H17N5O3S/c1-17-7-11(4-10(17)5-13-9-2-3-9)21(18,19)15-6-12-14-8-20-16-12/h4,7-9,13,15H,2-3,5-6H2,1H3. The van der Waals surface area contributed by atoms with Gasteiger partial charge in [-0.15, -0.1) is 0 Å². The second-order valence-electron chi connectivity index (χ2n) is 5.11. The van der Waals surface area contributed by atoms with Gasteiger partial charge in [0.1, 0.15) is 0 Å². The summed E-state index contributed by atoms with van der Waals surface area (Å²) < 4.78 is 33.3. The third kappa shape index (κ3) is 3.49. The van der Waals surface area contributed by atoms with E-state index >= 15 is 0 Å². The first-order valence-corrected chi connectivity index (χ1v) is 8.16. The molecule has 8 nitrogen and oxygen atoms in total. The van der Waals surface area contributed by atoms with E-state index in [0.717, 1.165) is 12.1 Å². The van der Waals surface area contributed by atoms with Gasteiger partial charge in [0.2, 0.25) is 16.4 Å². The summed E-state index contributed by atoms with van der Waals surface area (Å²) in [6, 6.07) is 2.25. The fourth-order valence-corrected chi connectivity index (χ4v) is 3.02. The molecule has 0 atom stereocenters. The van der Waals surface area contributed by atoms with Crippen LogP contribution in [0.1, 0.15) is 24.4 Å². The Morgan fingerprint density at radius 2 is 2.24 bits per heavy atom. The lowest BCUT2D eigenvalue weighted by atomic mass is 10.4. The van der Waals surface area contributed by atoms with E-state index in [1.165, 1.54) is 12.8 Å². The lowest BCUT2D eigenvalue weighted by Gasteiger charge is -2.03. The molecule has 9 heteroatoms. The van der Waals surface area contributed by atoms with Crippen LogP contribution in [-0.4, -0.2) is 29.2 Å². The van der Waals surface area contributed by atoms with Crippen molar-refractivity contribution in [2.45, 2.75) is 36.9 Å². The third-order valence-electron chi connectivity index (χ3n) is 3.37. The summed E-state index contributed by atoms with van der Waals surface area (Å²) in [5.41, 5.74) is 0.932. The van der Waals surface area contributed by atoms with E-state index in [0.29, 0.717) is 18.4 Å². The minimum absolute atomic E-state index is 0.00336. The topological polar surface area (TPSA) is 102 Å². The molecule has 0 unspecified atom stereocenters. The highest BCUT2D eigenvalue weighted by Crippen LogP contribution is 2.20. The summed E-state index contributed by atoms with van der Waals surface area (Å²) >= 11 is 0. The molecule has 2 aromatic heterocycles. The van der Waals surface area contributed by atoms with Crippen LogP contribution in [0.3, 0.4) is 0 Å². The van der Waals surface area contributed by atoms with Crippen LogP contribution < -0.4 is 10.0 Å². The smallest absolute Gasteiger partial charge is 0.242 e. The molecule has 2 N–H and O–H groups in total. The lowest BCUT2D eigenvalue weighted by Crippen LogP contribution is -2.23. The fourth-order valence-electron chi connectivity index (χ4n) is 1.95. The third-order valence-corrected chi connectivity index (χ3v) is 4.74. The molecule has 0 spiro atoms. The van der Waals surface area contributed by atoms with Gasteiger partial charge in [0.15, 0.2) is 5.82 Å². The normalized spacial score (nSPS) is 15.5. The average Bonchev–Trinajstić information content (AvgIpc) is 2.98. The van der Waals surface area contributed by atoms with Crippen LogP contribution in [0.25, 0.3) is 0 Å². The summed E-state index contributed by atoms with van der Waals surface area (Å²) in [4.78, 5) is 4.01. The molecule has 1 saturated carbocycles. The van der Waals surface area contributed by atoms with Crippen molar-refractivity contribution in [3.05, 3.63) is 30.2 Å². The van der Waals surface area contributed by atoms with Crippen LogP contribution in [0, 0.1) is 0 Å². The minimum atomic E-state index is -3.58. The molecule has 21 heavy (non-hydrogen) atoms. The number of aromatic nitrogens is 3. The zero-order chi connectivity index (χ0) is 14.9. The van der Waals surface area contributed by atoms with E-state index in [4.69, 9.17) is 0 Å². The van der Waals surface area contributed by atoms with Crippen molar-refractivity contribution in [2.75, 3.05) is 0 Å². The average molecular weight is 311 g/mol. The highest BCUT2D eigenvalue weighted by Gasteiger charge is 2.22. The van der Waals surface area contributed by atoms with Crippen LogP contribution in [0.4, 0.5) is 0 Å². The van der Waals surface area contributed by atoms with Crippen molar-refractivity contribution >= 4 is 10.0 Å². The molecule has 0 amide bonds. The Morgan fingerprint density at radius 3 is 2.90 bits per heavy atom. The zero-order valence-corrected chi connectivity index (χ0v) is 12.4. The van der Waals surface area contributed by atoms with Crippen molar-refractivity contribution < 1.29 is 12.9 Å². The number of rotatable bonds is 7. The number of hydrogen-bond acceptors (Lipinski definition) is 6. The molecule has 0 aromatic carbocycles. The summed E-state index contributed by atoms with van der Waals surface area (Å²) in [5.74, 6) is 0.296. The Balaban J connectivity index is 1.67. The molecule has 0 radical (unpaired) electrons. The van der Waals surface area contributed by atoms with Gasteiger partial charge in [-0.1, -0.05) is 5.16 Å². The molecule has 1 aliphatic rings. The first-order chi connectivity index (χ1) is 10.0. The molecule has 114 valence electrons. The second-order valence-corrected chi connectivity index (χ2v) is 6.87. The van der Waals surface area contributed by atoms with Crippen molar-refractivity contribution in [3.8, 4) is 0 Å². The minimum Gasteiger partial charge on any atom is -0.352 e. The first kappa shape index (κ1) is 14.2. The quantitative estimate of drug-likeness (QED) is 0.754. The molecule has 1 fully saturated rings. The molecular weight excluding hydrogens is 294 g/mol. The number of sulfonamides is 1.